The summed E-state index contributed by atoms with van der Waals surface area (Å²) in [5, 5.41) is 6.22. The van der Waals surface area contributed by atoms with Gasteiger partial charge >= 0.3 is 0 Å². The fourth-order valence-corrected chi connectivity index (χ4v) is 2.61. The number of aryl methyl sites for hydroxylation is 1. The molecule has 1 N–H and O–H groups in total. The second kappa shape index (κ2) is 4.65. The van der Waals surface area contributed by atoms with E-state index in [0.717, 1.165) is 34.6 Å². The lowest BCUT2D eigenvalue weighted by molar-refractivity contribution is 0.985. The van der Waals surface area contributed by atoms with Gasteiger partial charge < -0.3 is 5.32 Å². The van der Waals surface area contributed by atoms with E-state index in [1.807, 2.05) is 12.3 Å². The molecule has 0 unspecified atom stereocenters. The van der Waals surface area contributed by atoms with Crippen molar-refractivity contribution in [1.82, 2.24) is 15.0 Å². The second-order valence-corrected chi connectivity index (χ2v) is 5.46. The molecular formula is C13H16N4S. The third-order valence-corrected chi connectivity index (χ3v) is 3.87. The largest absolute Gasteiger partial charge is 0.370 e. The highest BCUT2D eigenvalue weighted by atomic mass is 32.1. The molecule has 1 saturated carbocycles. The molecule has 0 bridgehead atoms. The summed E-state index contributed by atoms with van der Waals surface area (Å²) in [4.78, 5) is 13.7. The Balaban J connectivity index is 2.01. The highest BCUT2D eigenvalue weighted by Crippen LogP contribution is 2.40. The van der Waals surface area contributed by atoms with Crippen molar-refractivity contribution >= 4 is 17.2 Å². The number of aromatic nitrogens is 3. The molecule has 0 saturated heterocycles. The molecule has 5 heteroatoms. The highest BCUT2D eigenvalue weighted by molar-refractivity contribution is 7.13. The summed E-state index contributed by atoms with van der Waals surface area (Å²) in [7, 11) is 0. The molecule has 18 heavy (non-hydrogen) atoms. The van der Waals surface area contributed by atoms with Crippen molar-refractivity contribution in [2.75, 3.05) is 11.9 Å². The molecule has 1 aliphatic carbocycles. The molecule has 4 nitrogen and oxygen atoms in total. The van der Waals surface area contributed by atoms with Gasteiger partial charge in [0.05, 0.1) is 0 Å². The Morgan fingerprint density at radius 1 is 1.33 bits per heavy atom. The number of nitrogens with one attached hydrogen (secondary N) is 1. The van der Waals surface area contributed by atoms with E-state index in [9.17, 15) is 0 Å². The van der Waals surface area contributed by atoms with E-state index >= 15 is 0 Å². The van der Waals surface area contributed by atoms with Crippen LogP contribution in [0.5, 0.6) is 0 Å². The molecule has 1 aliphatic rings. The van der Waals surface area contributed by atoms with Gasteiger partial charge in [-0.15, -0.1) is 11.3 Å². The summed E-state index contributed by atoms with van der Waals surface area (Å²) in [5.41, 5.74) is 2.18. The maximum absolute atomic E-state index is 4.66. The summed E-state index contributed by atoms with van der Waals surface area (Å²) in [6, 6.07) is 2.07. The fourth-order valence-electron chi connectivity index (χ4n) is 1.88. The monoisotopic (exact) mass is 260 g/mol. The number of hydrogen-bond acceptors (Lipinski definition) is 5. The lowest BCUT2D eigenvalue weighted by atomic mass is 10.2. The Morgan fingerprint density at radius 3 is 2.78 bits per heavy atom. The van der Waals surface area contributed by atoms with Gasteiger partial charge in [-0.05, 0) is 26.7 Å². The smallest absolute Gasteiger partial charge is 0.190 e. The van der Waals surface area contributed by atoms with Crippen LogP contribution in [0.4, 0.5) is 5.82 Å². The minimum absolute atomic E-state index is 0.630. The van der Waals surface area contributed by atoms with Crippen molar-refractivity contribution in [3.8, 4) is 10.8 Å². The van der Waals surface area contributed by atoms with E-state index in [4.69, 9.17) is 0 Å². The number of thiazole rings is 1. The van der Waals surface area contributed by atoms with E-state index < -0.39 is 0 Å². The zero-order valence-corrected chi connectivity index (χ0v) is 11.4. The lowest BCUT2D eigenvalue weighted by Crippen LogP contribution is -2.03. The van der Waals surface area contributed by atoms with Gasteiger partial charge in [0, 0.05) is 35.3 Å². The Bertz CT molecular complexity index is 560. The summed E-state index contributed by atoms with van der Waals surface area (Å²) in [6.45, 7) is 4.94. The van der Waals surface area contributed by atoms with Crippen LogP contribution in [0.1, 0.15) is 37.1 Å². The molecular weight excluding hydrogens is 244 g/mol. The Morgan fingerprint density at radius 2 is 2.17 bits per heavy atom. The quantitative estimate of drug-likeness (QED) is 0.917. The van der Waals surface area contributed by atoms with E-state index in [1.165, 1.54) is 12.8 Å². The third-order valence-electron chi connectivity index (χ3n) is 2.91. The maximum atomic E-state index is 4.66. The summed E-state index contributed by atoms with van der Waals surface area (Å²) < 4.78 is 0. The molecule has 2 aromatic heterocycles. The van der Waals surface area contributed by atoms with Gasteiger partial charge in [0.15, 0.2) is 10.8 Å². The molecule has 0 aromatic carbocycles. The number of nitrogens with zero attached hydrogens (tertiary/aromatic N) is 3. The van der Waals surface area contributed by atoms with Crippen molar-refractivity contribution in [2.24, 2.45) is 0 Å². The molecule has 0 amide bonds. The van der Waals surface area contributed by atoms with Crippen LogP contribution in [0, 0.1) is 6.92 Å². The van der Waals surface area contributed by atoms with Crippen LogP contribution in [-0.2, 0) is 0 Å². The Hall–Kier alpha value is -1.49. The van der Waals surface area contributed by atoms with E-state index in [0.29, 0.717) is 5.92 Å². The van der Waals surface area contributed by atoms with Gasteiger partial charge in [0.2, 0.25) is 0 Å². The number of rotatable bonds is 4. The topological polar surface area (TPSA) is 50.7 Å². The minimum Gasteiger partial charge on any atom is -0.370 e. The predicted molar refractivity (Wildman–Crippen MR) is 74.0 cm³/mol. The zero-order valence-electron chi connectivity index (χ0n) is 10.6. The normalized spacial score (nSPS) is 14.8. The first-order valence-electron chi connectivity index (χ1n) is 6.31. The molecule has 0 aliphatic heterocycles. The molecule has 2 aromatic rings. The van der Waals surface area contributed by atoms with Crippen LogP contribution >= 0.6 is 11.3 Å². The van der Waals surface area contributed by atoms with Crippen molar-refractivity contribution in [3.05, 3.63) is 22.8 Å². The van der Waals surface area contributed by atoms with Crippen LogP contribution in [0.15, 0.2) is 11.4 Å². The summed E-state index contributed by atoms with van der Waals surface area (Å²) in [5.74, 6) is 2.30. The van der Waals surface area contributed by atoms with Gasteiger partial charge in [-0.25, -0.2) is 15.0 Å². The minimum atomic E-state index is 0.630. The molecule has 1 fully saturated rings. The van der Waals surface area contributed by atoms with Crippen LogP contribution < -0.4 is 5.32 Å². The maximum Gasteiger partial charge on any atom is 0.190 e. The van der Waals surface area contributed by atoms with Gasteiger partial charge in [-0.1, -0.05) is 0 Å². The number of anilines is 1. The Kier molecular flexibility index (Phi) is 2.99. The molecule has 0 radical (unpaired) electrons. The van der Waals surface area contributed by atoms with E-state index in [1.54, 1.807) is 11.3 Å². The molecule has 0 atom stereocenters. The average molecular weight is 260 g/mol. The highest BCUT2D eigenvalue weighted by Gasteiger charge is 2.26. The van der Waals surface area contributed by atoms with Crippen LogP contribution in [0.25, 0.3) is 10.8 Å². The van der Waals surface area contributed by atoms with Crippen LogP contribution in [0.2, 0.25) is 0 Å². The van der Waals surface area contributed by atoms with Gasteiger partial charge in [-0.3, -0.25) is 0 Å². The molecule has 2 heterocycles. The van der Waals surface area contributed by atoms with Gasteiger partial charge in [-0.2, -0.15) is 0 Å². The van der Waals surface area contributed by atoms with Crippen molar-refractivity contribution in [2.45, 2.75) is 32.6 Å². The molecule has 3 rings (SSSR count). The van der Waals surface area contributed by atoms with Crippen LogP contribution in [-0.4, -0.2) is 21.5 Å². The summed E-state index contributed by atoms with van der Waals surface area (Å²) >= 11 is 1.61. The third kappa shape index (κ3) is 2.36. The van der Waals surface area contributed by atoms with E-state index in [2.05, 4.69) is 33.3 Å². The van der Waals surface area contributed by atoms with Gasteiger partial charge in [0.1, 0.15) is 5.82 Å². The molecule has 94 valence electrons. The lowest BCUT2D eigenvalue weighted by Gasteiger charge is -2.06. The van der Waals surface area contributed by atoms with Crippen LogP contribution in [0.3, 0.4) is 0 Å². The second-order valence-electron chi connectivity index (χ2n) is 4.60. The van der Waals surface area contributed by atoms with E-state index in [-0.39, 0.29) is 0 Å². The zero-order chi connectivity index (χ0) is 12.5. The first-order valence-corrected chi connectivity index (χ1v) is 7.19. The summed E-state index contributed by atoms with van der Waals surface area (Å²) in [6.07, 6.45) is 2.50. The average Bonchev–Trinajstić information content (AvgIpc) is 3.12. The van der Waals surface area contributed by atoms with Crippen molar-refractivity contribution in [1.29, 1.82) is 0 Å². The first-order chi connectivity index (χ1) is 8.76. The number of hydrogen-bond donors (Lipinski definition) is 1. The van der Waals surface area contributed by atoms with Gasteiger partial charge in [0.25, 0.3) is 0 Å². The Labute approximate surface area is 111 Å². The fraction of sp³-hybridized carbons (Fsp3) is 0.462. The SMILES string of the molecule is CCNc1cc(C2CC2)nc(-c2nc(C)cs2)n1. The standard InChI is InChI=1S/C13H16N4S/c1-3-14-11-6-10(9-4-5-9)16-12(17-11)13-15-8(2)7-18-13/h6-7,9H,3-5H2,1-2H3,(H,14,16,17). The first kappa shape index (κ1) is 11.6. The van der Waals surface area contributed by atoms with Crippen molar-refractivity contribution in [3.63, 3.8) is 0 Å². The predicted octanol–water partition coefficient (Wildman–Crippen LogP) is 3.22. The van der Waals surface area contributed by atoms with Crippen molar-refractivity contribution < 1.29 is 0 Å². The molecule has 0 spiro atoms.